The van der Waals surface area contributed by atoms with Crippen LogP contribution in [0.25, 0.3) is 0 Å². The Bertz CT molecular complexity index is 257. The summed E-state index contributed by atoms with van der Waals surface area (Å²) in [6, 6.07) is 0. The molecule has 2 saturated heterocycles. The molecule has 2 rings (SSSR count). The Kier molecular flexibility index (Phi) is 6.61. The van der Waals surface area contributed by atoms with Crippen LogP contribution in [-0.4, -0.2) is 89.3 Å². The van der Waals surface area contributed by atoms with Gasteiger partial charge in [0, 0.05) is 57.5 Å². The van der Waals surface area contributed by atoms with Gasteiger partial charge in [0.15, 0.2) is 0 Å². The fraction of sp³-hybridized carbons (Fsp3) is 1.00. The average molecular weight is 307 g/mol. The maximum absolute atomic E-state index is 6.06. The predicted molar refractivity (Wildman–Crippen MR) is 80.5 cm³/mol. The Morgan fingerprint density at radius 2 is 1.74 bits per heavy atom. The van der Waals surface area contributed by atoms with Crippen molar-refractivity contribution < 1.29 is 13.3 Å². The van der Waals surface area contributed by atoms with Gasteiger partial charge >= 0.3 is 8.80 Å². The molecular weight excluding hydrogens is 280 g/mol. The molecule has 7 heteroatoms. The van der Waals surface area contributed by atoms with Crippen molar-refractivity contribution in [3.05, 3.63) is 0 Å². The van der Waals surface area contributed by atoms with Crippen LogP contribution in [0.1, 0.15) is 6.92 Å². The van der Waals surface area contributed by atoms with Gasteiger partial charge < -0.3 is 18.2 Å². The van der Waals surface area contributed by atoms with Gasteiger partial charge in [-0.15, -0.1) is 0 Å². The van der Waals surface area contributed by atoms with Crippen LogP contribution in [0.5, 0.6) is 0 Å². The Morgan fingerprint density at radius 1 is 1.11 bits per heavy atom. The normalized spacial score (nSPS) is 26.8. The summed E-state index contributed by atoms with van der Waals surface area (Å²) in [7, 11) is -0.307. The first-order chi connectivity index (χ1) is 9.24. The van der Waals surface area contributed by atoms with Crippen LogP contribution in [0.4, 0.5) is 0 Å². The van der Waals surface area contributed by atoms with Crippen molar-refractivity contribution >= 4 is 20.6 Å². The lowest BCUT2D eigenvalue weighted by molar-refractivity contribution is 0.0492. The quantitative estimate of drug-likeness (QED) is 0.705. The van der Waals surface area contributed by atoms with Gasteiger partial charge in [-0.25, -0.2) is 0 Å². The molecule has 0 radical (unpaired) electrons. The number of hydrogen-bond acceptors (Lipinski definition) is 6. The maximum atomic E-state index is 6.06. The minimum atomic E-state index is -2.48. The standard InChI is InChI=1S/C12H26N2O3SSi/c1-3-15-19(16-8-10-18-11-9-17-19)12-14-6-4-13(2)5-7-14/h3-12H2,1-2H3. The van der Waals surface area contributed by atoms with Gasteiger partial charge in [0.2, 0.25) is 0 Å². The van der Waals surface area contributed by atoms with Crippen LogP contribution in [0, 0.1) is 0 Å². The second-order valence-electron chi connectivity index (χ2n) is 5.00. The van der Waals surface area contributed by atoms with E-state index in [0.29, 0.717) is 6.61 Å². The van der Waals surface area contributed by atoms with Crippen LogP contribution in [0.15, 0.2) is 0 Å². The minimum absolute atomic E-state index is 0.674. The summed E-state index contributed by atoms with van der Waals surface area (Å²) in [5.74, 6) is 2.10. The summed E-state index contributed by atoms with van der Waals surface area (Å²) in [5, 5.41) is 0. The third kappa shape index (κ3) is 5.00. The van der Waals surface area contributed by atoms with Crippen molar-refractivity contribution in [3.8, 4) is 0 Å². The molecule has 5 nitrogen and oxygen atoms in total. The first-order valence-corrected chi connectivity index (χ1v) is 10.2. The molecular formula is C12H26N2O3SSi. The number of rotatable bonds is 4. The molecule has 0 aromatic carbocycles. The van der Waals surface area contributed by atoms with Crippen molar-refractivity contribution in [3.63, 3.8) is 0 Å². The Labute approximate surface area is 121 Å². The highest BCUT2D eigenvalue weighted by Gasteiger charge is 2.43. The molecule has 0 unspecified atom stereocenters. The Balaban J connectivity index is 1.92. The fourth-order valence-electron chi connectivity index (χ4n) is 2.38. The molecule has 0 atom stereocenters. The SMILES string of the molecule is CCO[Si]1(CN2CCN(C)CC2)OCCSCCO1. The third-order valence-corrected chi connectivity index (χ3v) is 7.24. The zero-order valence-electron chi connectivity index (χ0n) is 12.1. The molecule has 0 spiro atoms. The number of likely N-dealkylation sites (N-methyl/N-ethyl adjacent to an activating group) is 1. The van der Waals surface area contributed by atoms with E-state index in [0.717, 1.165) is 57.1 Å². The van der Waals surface area contributed by atoms with Gasteiger partial charge in [-0.3, -0.25) is 4.90 Å². The molecule has 2 heterocycles. The topological polar surface area (TPSA) is 34.2 Å². The van der Waals surface area contributed by atoms with E-state index in [-0.39, 0.29) is 0 Å². The zero-order chi connectivity index (χ0) is 13.6. The van der Waals surface area contributed by atoms with Gasteiger partial charge in [0.1, 0.15) is 0 Å². The molecule has 0 N–H and O–H groups in total. The Morgan fingerprint density at radius 3 is 2.32 bits per heavy atom. The summed E-state index contributed by atoms with van der Waals surface area (Å²) in [4.78, 5) is 4.80. The summed E-state index contributed by atoms with van der Waals surface area (Å²) in [6.45, 7) is 8.61. The van der Waals surface area contributed by atoms with E-state index in [2.05, 4.69) is 16.8 Å². The zero-order valence-corrected chi connectivity index (χ0v) is 13.9. The largest absolute Gasteiger partial charge is 0.515 e. The number of nitrogens with zero attached hydrogens (tertiary/aromatic N) is 2. The van der Waals surface area contributed by atoms with E-state index in [1.54, 1.807) is 0 Å². The first kappa shape index (κ1) is 15.8. The summed E-state index contributed by atoms with van der Waals surface area (Å²) in [6.07, 6.45) is 0.847. The van der Waals surface area contributed by atoms with Crippen molar-refractivity contribution in [2.75, 3.05) is 70.7 Å². The van der Waals surface area contributed by atoms with E-state index in [9.17, 15) is 0 Å². The second-order valence-corrected chi connectivity index (χ2v) is 8.78. The Hall–Kier alpha value is 0.367. The smallest absolute Gasteiger partial charge is 0.373 e. The van der Waals surface area contributed by atoms with Crippen LogP contribution >= 0.6 is 11.8 Å². The fourth-order valence-corrected chi connectivity index (χ4v) is 5.93. The lowest BCUT2D eigenvalue weighted by Gasteiger charge is -2.38. The molecule has 2 aliphatic rings. The first-order valence-electron chi connectivity index (χ1n) is 7.14. The van der Waals surface area contributed by atoms with Gasteiger partial charge in [-0.1, -0.05) is 0 Å². The van der Waals surface area contributed by atoms with E-state index in [4.69, 9.17) is 13.3 Å². The summed E-state index contributed by atoms with van der Waals surface area (Å²) < 4.78 is 18.1. The van der Waals surface area contributed by atoms with Crippen LogP contribution in [-0.2, 0) is 13.3 Å². The molecule has 0 bridgehead atoms. The van der Waals surface area contributed by atoms with Gasteiger partial charge in [-0.05, 0) is 14.0 Å². The highest BCUT2D eigenvalue weighted by molar-refractivity contribution is 7.99. The van der Waals surface area contributed by atoms with Crippen molar-refractivity contribution in [1.29, 1.82) is 0 Å². The van der Waals surface area contributed by atoms with E-state index in [1.165, 1.54) is 0 Å². The van der Waals surface area contributed by atoms with E-state index < -0.39 is 8.80 Å². The molecule has 19 heavy (non-hydrogen) atoms. The molecule has 2 fully saturated rings. The van der Waals surface area contributed by atoms with Gasteiger partial charge in [0.05, 0.1) is 6.17 Å². The molecule has 2 aliphatic heterocycles. The third-order valence-electron chi connectivity index (χ3n) is 3.48. The number of piperazine rings is 1. The van der Waals surface area contributed by atoms with Crippen LogP contribution < -0.4 is 0 Å². The maximum Gasteiger partial charge on any atom is 0.515 e. The van der Waals surface area contributed by atoms with Crippen molar-refractivity contribution in [2.45, 2.75) is 6.92 Å². The molecule has 0 aliphatic carbocycles. The molecule has 112 valence electrons. The predicted octanol–water partition coefficient (Wildman–Crippen LogP) is 0.528. The minimum Gasteiger partial charge on any atom is -0.373 e. The van der Waals surface area contributed by atoms with Crippen molar-refractivity contribution in [2.24, 2.45) is 0 Å². The number of thioether (sulfide) groups is 1. The summed E-state index contributed by atoms with van der Waals surface area (Å²) >= 11 is 1.89. The van der Waals surface area contributed by atoms with Gasteiger partial charge in [-0.2, -0.15) is 11.8 Å². The highest BCUT2D eigenvalue weighted by atomic mass is 32.2. The van der Waals surface area contributed by atoms with Crippen LogP contribution in [0.3, 0.4) is 0 Å². The lowest BCUT2D eigenvalue weighted by Crippen LogP contribution is -2.59. The van der Waals surface area contributed by atoms with E-state index >= 15 is 0 Å². The highest BCUT2D eigenvalue weighted by Crippen LogP contribution is 2.17. The average Bonchev–Trinajstić information content (AvgIpc) is 2.37. The molecule has 0 amide bonds. The van der Waals surface area contributed by atoms with Gasteiger partial charge in [0.25, 0.3) is 0 Å². The van der Waals surface area contributed by atoms with Crippen molar-refractivity contribution in [1.82, 2.24) is 9.80 Å². The number of hydrogen-bond donors (Lipinski definition) is 0. The molecule has 0 saturated carbocycles. The molecule has 0 aromatic heterocycles. The monoisotopic (exact) mass is 306 g/mol. The lowest BCUT2D eigenvalue weighted by atomic mass is 10.4. The van der Waals surface area contributed by atoms with E-state index in [1.807, 2.05) is 18.7 Å². The second kappa shape index (κ2) is 7.97. The molecule has 0 aromatic rings. The summed E-state index contributed by atoms with van der Waals surface area (Å²) in [5.41, 5.74) is 0. The van der Waals surface area contributed by atoms with Crippen LogP contribution in [0.2, 0.25) is 0 Å².